The van der Waals surface area contributed by atoms with Gasteiger partial charge in [-0.25, -0.2) is 0 Å². The van der Waals surface area contributed by atoms with E-state index in [0.717, 1.165) is 45.8 Å². The van der Waals surface area contributed by atoms with E-state index in [1.54, 1.807) is 0 Å². The van der Waals surface area contributed by atoms with Crippen molar-refractivity contribution >= 4 is 5.91 Å². The van der Waals surface area contributed by atoms with E-state index >= 15 is 0 Å². The maximum Gasteiger partial charge on any atom is 0.240 e. The summed E-state index contributed by atoms with van der Waals surface area (Å²) in [6, 6.07) is 10.4. The van der Waals surface area contributed by atoms with E-state index in [2.05, 4.69) is 42.7 Å². The largest absolute Gasteiger partial charge is 0.377 e. The van der Waals surface area contributed by atoms with Crippen molar-refractivity contribution in [3.8, 4) is 0 Å². The molecule has 2 fully saturated rings. The lowest BCUT2D eigenvalue weighted by atomic mass is 10.1. The molecule has 5 nitrogen and oxygen atoms in total. The molecule has 0 aromatic heterocycles. The number of amides is 1. The maximum absolute atomic E-state index is 13.3. The number of ether oxygens (including phenoxy) is 1. The van der Waals surface area contributed by atoms with Gasteiger partial charge in [0, 0.05) is 45.4 Å². The van der Waals surface area contributed by atoms with Crippen LogP contribution < -0.4 is 0 Å². The number of hydrogen-bond donors (Lipinski definition) is 0. The summed E-state index contributed by atoms with van der Waals surface area (Å²) >= 11 is 0. The van der Waals surface area contributed by atoms with Gasteiger partial charge in [-0.2, -0.15) is 0 Å². The van der Waals surface area contributed by atoms with Crippen LogP contribution in [-0.2, 0) is 16.1 Å². The molecule has 1 amide bonds. The summed E-state index contributed by atoms with van der Waals surface area (Å²) in [4.78, 5) is 20.2. The molecule has 1 aromatic carbocycles. The van der Waals surface area contributed by atoms with Gasteiger partial charge in [0.15, 0.2) is 0 Å². The molecule has 2 aliphatic rings. The number of nitrogens with zero attached hydrogens (tertiary/aromatic N) is 3. The highest BCUT2D eigenvalue weighted by molar-refractivity contribution is 5.81. The molecule has 0 N–H and O–H groups in total. The molecule has 5 heteroatoms. The van der Waals surface area contributed by atoms with Gasteiger partial charge < -0.3 is 9.64 Å². The van der Waals surface area contributed by atoms with Gasteiger partial charge in [-0.3, -0.25) is 14.6 Å². The topological polar surface area (TPSA) is 36.0 Å². The highest BCUT2D eigenvalue weighted by atomic mass is 16.5. The normalized spacial score (nSPS) is 22.9. The summed E-state index contributed by atoms with van der Waals surface area (Å²) in [5, 5.41) is 0. The van der Waals surface area contributed by atoms with Crippen molar-refractivity contribution in [3.05, 3.63) is 35.9 Å². The predicted molar refractivity (Wildman–Crippen MR) is 113 cm³/mol. The zero-order valence-corrected chi connectivity index (χ0v) is 17.8. The lowest BCUT2D eigenvalue weighted by Gasteiger charge is -2.34. The summed E-state index contributed by atoms with van der Waals surface area (Å²) in [7, 11) is 0. The number of carbonyl (C=O) groups excluding carboxylic acids is 1. The average molecular weight is 388 g/mol. The van der Waals surface area contributed by atoms with E-state index in [1.807, 2.05) is 23.1 Å². The van der Waals surface area contributed by atoms with E-state index in [4.69, 9.17) is 4.74 Å². The molecule has 0 saturated carbocycles. The molecule has 2 heterocycles. The summed E-state index contributed by atoms with van der Waals surface area (Å²) in [5.41, 5.74) is 1.19. The van der Waals surface area contributed by atoms with Gasteiger partial charge in [0.1, 0.15) is 0 Å². The minimum absolute atomic E-state index is 0.0752. The Kier molecular flexibility index (Phi) is 7.89. The number of benzene rings is 1. The van der Waals surface area contributed by atoms with Crippen LogP contribution >= 0.6 is 0 Å². The smallest absolute Gasteiger partial charge is 0.240 e. The molecule has 3 rings (SSSR count). The first kappa shape index (κ1) is 21.3. The van der Waals surface area contributed by atoms with Crippen molar-refractivity contribution in [1.29, 1.82) is 0 Å². The molecule has 2 aliphatic heterocycles. The lowest BCUT2D eigenvalue weighted by Crippen LogP contribution is -2.50. The van der Waals surface area contributed by atoms with Crippen molar-refractivity contribution in [2.75, 3.05) is 39.3 Å². The van der Waals surface area contributed by atoms with Gasteiger partial charge in [-0.1, -0.05) is 30.3 Å². The van der Waals surface area contributed by atoms with Crippen molar-refractivity contribution < 1.29 is 9.53 Å². The van der Waals surface area contributed by atoms with Gasteiger partial charge in [0.25, 0.3) is 0 Å². The quantitative estimate of drug-likeness (QED) is 0.721. The fourth-order valence-corrected chi connectivity index (χ4v) is 4.33. The van der Waals surface area contributed by atoms with Crippen LogP contribution in [0.1, 0.15) is 45.6 Å². The Balaban J connectivity index is 1.56. The van der Waals surface area contributed by atoms with Crippen LogP contribution in [0.4, 0.5) is 0 Å². The Labute approximate surface area is 170 Å². The Bertz CT molecular complexity index is 601. The van der Waals surface area contributed by atoms with E-state index in [9.17, 15) is 4.79 Å². The highest BCUT2D eigenvalue weighted by Gasteiger charge is 2.29. The summed E-state index contributed by atoms with van der Waals surface area (Å²) < 4.78 is 5.81. The molecule has 2 unspecified atom stereocenters. The summed E-state index contributed by atoms with van der Waals surface area (Å²) in [6.07, 6.45) is 3.92. The first-order chi connectivity index (χ1) is 13.5. The van der Waals surface area contributed by atoms with Crippen LogP contribution in [-0.4, -0.2) is 78.1 Å². The fourth-order valence-electron chi connectivity index (χ4n) is 4.33. The molecule has 0 bridgehead atoms. The van der Waals surface area contributed by atoms with Crippen molar-refractivity contribution in [3.63, 3.8) is 0 Å². The molecular weight excluding hydrogens is 350 g/mol. The SMILES string of the molecule is CC(C(=O)N(Cc1ccccc1)C(C)C)N1CCCN(CC2CCCO2)CC1. The molecule has 1 aromatic rings. The lowest BCUT2D eigenvalue weighted by molar-refractivity contribution is -0.138. The van der Waals surface area contributed by atoms with Crippen LogP contribution in [0.25, 0.3) is 0 Å². The average Bonchev–Trinajstić information content (AvgIpc) is 3.10. The summed E-state index contributed by atoms with van der Waals surface area (Å²) in [5.74, 6) is 0.242. The van der Waals surface area contributed by atoms with Gasteiger partial charge in [-0.05, 0) is 52.1 Å². The molecule has 2 saturated heterocycles. The third-order valence-corrected chi connectivity index (χ3v) is 6.12. The van der Waals surface area contributed by atoms with Gasteiger partial charge in [0.05, 0.1) is 12.1 Å². The minimum atomic E-state index is -0.0752. The first-order valence-corrected chi connectivity index (χ1v) is 11.0. The van der Waals surface area contributed by atoms with E-state index in [1.165, 1.54) is 18.4 Å². The van der Waals surface area contributed by atoms with E-state index in [-0.39, 0.29) is 18.0 Å². The molecule has 0 spiro atoms. The second-order valence-corrected chi connectivity index (χ2v) is 8.55. The number of carbonyl (C=O) groups is 1. The Hall–Kier alpha value is -1.43. The zero-order chi connectivity index (χ0) is 19.9. The Morgan fingerprint density at radius 3 is 2.57 bits per heavy atom. The Morgan fingerprint density at radius 1 is 1.11 bits per heavy atom. The van der Waals surface area contributed by atoms with Crippen LogP contribution in [0, 0.1) is 0 Å². The van der Waals surface area contributed by atoms with Crippen LogP contribution in [0.5, 0.6) is 0 Å². The van der Waals surface area contributed by atoms with Crippen LogP contribution in [0.2, 0.25) is 0 Å². The predicted octanol–water partition coefficient (Wildman–Crippen LogP) is 3.00. The van der Waals surface area contributed by atoms with E-state index in [0.29, 0.717) is 12.6 Å². The molecule has 2 atom stereocenters. The first-order valence-electron chi connectivity index (χ1n) is 11.0. The second-order valence-electron chi connectivity index (χ2n) is 8.55. The highest BCUT2D eigenvalue weighted by Crippen LogP contribution is 2.17. The van der Waals surface area contributed by atoms with Crippen molar-refractivity contribution in [1.82, 2.24) is 14.7 Å². The zero-order valence-electron chi connectivity index (χ0n) is 17.8. The summed E-state index contributed by atoms with van der Waals surface area (Å²) in [6.45, 7) is 13.0. The second kappa shape index (κ2) is 10.4. The molecule has 0 aliphatic carbocycles. The Morgan fingerprint density at radius 2 is 1.89 bits per heavy atom. The third-order valence-electron chi connectivity index (χ3n) is 6.12. The molecule has 156 valence electrons. The van der Waals surface area contributed by atoms with Gasteiger partial charge in [0.2, 0.25) is 5.91 Å². The van der Waals surface area contributed by atoms with E-state index < -0.39 is 0 Å². The third kappa shape index (κ3) is 5.79. The molecule has 0 radical (unpaired) electrons. The molecular formula is C23H37N3O2. The number of rotatable bonds is 7. The van der Waals surface area contributed by atoms with Gasteiger partial charge in [-0.15, -0.1) is 0 Å². The van der Waals surface area contributed by atoms with Crippen molar-refractivity contribution in [2.45, 2.75) is 64.8 Å². The van der Waals surface area contributed by atoms with Crippen LogP contribution in [0.15, 0.2) is 30.3 Å². The monoisotopic (exact) mass is 387 g/mol. The van der Waals surface area contributed by atoms with Crippen molar-refractivity contribution in [2.24, 2.45) is 0 Å². The van der Waals surface area contributed by atoms with Gasteiger partial charge >= 0.3 is 0 Å². The fraction of sp³-hybridized carbons (Fsp3) is 0.696. The minimum Gasteiger partial charge on any atom is -0.377 e. The van der Waals surface area contributed by atoms with Crippen LogP contribution in [0.3, 0.4) is 0 Å². The maximum atomic E-state index is 13.3. The number of hydrogen-bond acceptors (Lipinski definition) is 4. The molecule has 28 heavy (non-hydrogen) atoms. The standard InChI is InChI=1S/C23H37N3O2/c1-19(2)26(17-21-9-5-4-6-10-21)23(27)20(3)25-13-8-12-24(14-15-25)18-22-11-7-16-28-22/h4-6,9-10,19-20,22H,7-8,11-18H2,1-3H3.